The molecule has 0 radical (unpaired) electrons. The highest BCUT2D eigenvalue weighted by atomic mass is 32.1. The Hall–Kier alpha value is -2.38. The van der Waals surface area contributed by atoms with Crippen molar-refractivity contribution in [3.05, 3.63) is 57.0 Å². The molecular weight excluding hydrogens is 374 g/mol. The van der Waals surface area contributed by atoms with Gasteiger partial charge in [0.05, 0.1) is 19.9 Å². The van der Waals surface area contributed by atoms with E-state index in [-0.39, 0.29) is 5.56 Å². The number of aromatic nitrogens is 2. The van der Waals surface area contributed by atoms with Crippen molar-refractivity contribution in [3.8, 4) is 11.5 Å². The highest BCUT2D eigenvalue weighted by Crippen LogP contribution is 2.30. The fourth-order valence-electron chi connectivity index (χ4n) is 3.93. The van der Waals surface area contributed by atoms with Crippen molar-refractivity contribution in [2.24, 2.45) is 5.92 Å². The topological polar surface area (TPSA) is 56.1 Å². The number of aryl methyl sites for hydroxylation is 1. The first-order valence-corrected chi connectivity index (χ1v) is 10.3. The average Bonchev–Trinajstić information content (AvgIpc) is 3.27. The molecule has 28 heavy (non-hydrogen) atoms. The molecule has 4 rings (SSSR count). The van der Waals surface area contributed by atoms with E-state index >= 15 is 0 Å². The molecule has 0 amide bonds. The fraction of sp³-hybridized carbons (Fsp3) is 0.429. The van der Waals surface area contributed by atoms with E-state index in [0.29, 0.717) is 5.92 Å². The number of hydrogen-bond acceptors (Lipinski definition) is 6. The van der Waals surface area contributed by atoms with E-state index < -0.39 is 0 Å². The van der Waals surface area contributed by atoms with Crippen LogP contribution >= 0.6 is 11.3 Å². The van der Waals surface area contributed by atoms with Crippen LogP contribution in [0.1, 0.15) is 22.6 Å². The minimum Gasteiger partial charge on any atom is -0.493 e. The Morgan fingerprint density at radius 3 is 2.82 bits per heavy atom. The van der Waals surface area contributed by atoms with Gasteiger partial charge in [-0.15, -0.1) is 11.3 Å². The molecule has 1 saturated heterocycles. The number of benzene rings is 1. The molecule has 2 aromatic heterocycles. The molecule has 0 bridgehead atoms. The van der Waals surface area contributed by atoms with E-state index in [1.54, 1.807) is 36.0 Å². The number of nitrogens with zero attached hydrogens (tertiary/aromatic N) is 3. The SMILES string of the molecule is COc1ccc(CC2CCN(Cc3cc(=O)n4cc(C)sc4n3)C2)cc1OC. The van der Waals surface area contributed by atoms with Crippen LogP contribution in [0.5, 0.6) is 11.5 Å². The standard InChI is InChI=1S/C21H25N3O3S/c1-14-11-24-20(25)10-17(22-21(24)28-14)13-23-7-6-16(12-23)8-15-4-5-18(26-2)19(9-15)27-3/h4-5,9-11,16H,6-8,12-13H2,1-3H3. The van der Waals surface area contributed by atoms with Gasteiger partial charge in [0.15, 0.2) is 16.5 Å². The molecule has 1 aromatic carbocycles. The molecular formula is C21H25N3O3S. The molecule has 0 N–H and O–H groups in total. The van der Waals surface area contributed by atoms with E-state index in [4.69, 9.17) is 9.47 Å². The number of ether oxygens (including phenoxy) is 2. The van der Waals surface area contributed by atoms with Crippen LogP contribution < -0.4 is 15.0 Å². The molecule has 0 aliphatic carbocycles. The summed E-state index contributed by atoms with van der Waals surface area (Å²) >= 11 is 1.56. The fourth-order valence-corrected chi connectivity index (χ4v) is 4.78. The summed E-state index contributed by atoms with van der Waals surface area (Å²) in [6, 6.07) is 7.81. The smallest absolute Gasteiger partial charge is 0.258 e. The Kier molecular flexibility index (Phi) is 5.37. The summed E-state index contributed by atoms with van der Waals surface area (Å²) in [7, 11) is 3.32. The lowest BCUT2D eigenvalue weighted by Crippen LogP contribution is -2.23. The zero-order valence-electron chi connectivity index (χ0n) is 16.5. The number of hydrogen-bond donors (Lipinski definition) is 0. The predicted octanol–water partition coefficient (Wildman–Crippen LogP) is 3.15. The molecule has 1 aliphatic rings. The third kappa shape index (κ3) is 3.91. The number of rotatable bonds is 6. The van der Waals surface area contributed by atoms with Gasteiger partial charge in [-0.05, 0) is 49.9 Å². The van der Waals surface area contributed by atoms with Crippen LogP contribution in [-0.2, 0) is 13.0 Å². The monoisotopic (exact) mass is 399 g/mol. The van der Waals surface area contributed by atoms with Crippen molar-refractivity contribution >= 4 is 16.3 Å². The van der Waals surface area contributed by atoms with Gasteiger partial charge in [0.1, 0.15) is 0 Å². The summed E-state index contributed by atoms with van der Waals surface area (Å²) in [5.41, 5.74) is 2.13. The minimum atomic E-state index is 0.00502. The second-order valence-electron chi connectivity index (χ2n) is 7.36. The summed E-state index contributed by atoms with van der Waals surface area (Å²) in [4.78, 5) is 21.2. The van der Waals surface area contributed by atoms with Gasteiger partial charge in [0, 0.05) is 30.2 Å². The van der Waals surface area contributed by atoms with Crippen molar-refractivity contribution in [2.45, 2.75) is 26.3 Å². The van der Waals surface area contributed by atoms with E-state index in [2.05, 4.69) is 22.0 Å². The number of fused-ring (bicyclic) bond motifs is 1. The zero-order valence-corrected chi connectivity index (χ0v) is 17.3. The van der Waals surface area contributed by atoms with Gasteiger partial charge in [-0.3, -0.25) is 14.1 Å². The van der Waals surface area contributed by atoms with E-state index in [1.165, 1.54) is 5.56 Å². The zero-order chi connectivity index (χ0) is 19.7. The summed E-state index contributed by atoms with van der Waals surface area (Å²) < 4.78 is 12.4. The largest absolute Gasteiger partial charge is 0.493 e. The molecule has 6 nitrogen and oxygen atoms in total. The van der Waals surface area contributed by atoms with Gasteiger partial charge in [0.2, 0.25) is 0 Å². The molecule has 1 atom stereocenters. The maximum absolute atomic E-state index is 12.3. The molecule has 7 heteroatoms. The Morgan fingerprint density at radius 2 is 2.04 bits per heavy atom. The van der Waals surface area contributed by atoms with Crippen molar-refractivity contribution in [1.29, 1.82) is 0 Å². The molecule has 3 aromatic rings. The quantitative estimate of drug-likeness (QED) is 0.637. The molecule has 1 aliphatic heterocycles. The van der Waals surface area contributed by atoms with Crippen molar-refractivity contribution < 1.29 is 9.47 Å². The summed E-state index contributed by atoms with van der Waals surface area (Å²) in [6.07, 6.45) is 4.01. The third-order valence-electron chi connectivity index (χ3n) is 5.26. The molecule has 3 heterocycles. The number of thiazole rings is 1. The number of methoxy groups -OCH3 is 2. The van der Waals surface area contributed by atoms with Crippen LogP contribution in [0.3, 0.4) is 0 Å². The summed E-state index contributed by atoms with van der Waals surface area (Å²) in [6.45, 7) is 4.77. The molecule has 1 fully saturated rings. The first kappa shape index (κ1) is 19.0. The highest BCUT2D eigenvalue weighted by Gasteiger charge is 2.24. The van der Waals surface area contributed by atoms with Crippen LogP contribution in [0.15, 0.2) is 35.3 Å². The Labute approximate surface area is 168 Å². The number of likely N-dealkylation sites (tertiary alicyclic amines) is 1. The Morgan fingerprint density at radius 1 is 1.21 bits per heavy atom. The van der Waals surface area contributed by atoms with Crippen LogP contribution in [0.4, 0.5) is 0 Å². The lowest BCUT2D eigenvalue weighted by molar-refractivity contribution is 0.312. The van der Waals surface area contributed by atoms with E-state index in [0.717, 1.165) is 59.5 Å². The Bertz CT molecular complexity index is 1040. The van der Waals surface area contributed by atoms with Gasteiger partial charge < -0.3 is 9.47 Å². The average molecular weight is 400 g/mol. The first-order valence-electron chi connectivity index (χ1n) is 9.47. The normalized spacial score (nSPS) is 17.3. The van der Waals surface area contributed by atoms with Crippen molar-refractivity contribution in [2.75, 3.05) is 27.3 Å². The Balaban J connectivity index is 1.41. The van der Waals surface area contributed by atoms with Crippen molar-refractivity contribution in [1.82, 2.24) is 14.3 Å². The maximum Gasteiger partial charge on any atom is 0.258 e. The highest BCUT2D eigenvalue weighted by molar-refractivity contribution is 7.16. The minimum absolute atomic E-state index is 0.00502. The third-order valence-corrected chi connectivity index (χ3v) is 6.16. The summed E-state index contributed by atoms with van der Waals surface area (Å²) in [5, 5.41) is 0. The second kappa shape index (κ2) is 7.93. The lowest BCUT2D eigenvalue weighted by atomic mass is 9.98. The molecule has 0 spiro atoms. The van der Waals surface area contributed by atoms with Crippen LogP contribution in [-0.4, -0.2) is 41.6 Å². The van der Waals surface area contributed by atoms with E-state index in [1.807, 2.05) is 19.2 Å². The summed E-state index contributed by atoms with van der Waals surface area (Å²) in [5.74, 6) is 2.13. The maximum atomic E-state index is 12.3. The lowest BCUT2D eigenvalue weighted by Gasteiger charge is -2.16. The van der Waals surface area contributed by atoms with Crippen LogP contribution in [0.2, 0.25) is 0 Å². The second-order valence-corrected chi connectivity index (χ2v) is 8.58. The van der Waals surface area contributed by atoms with Gasteiger partial charge in [-0.25, -0.2) is 4.98 Å². The van der Waals surface area contributed by atoms with Crippen molar-refractivity contribution in [3.63, 3.8) is 0 Å². The molecule has 1 unspecified atom stereocenters. The van der Waals surface area contributed by atoms with Gasteiger partial charge in [-0.1, -0.05) is 6.07 Å². The molecule has 148 valence electrons. The predicted molar refractivity (Wildman–Crippen MR) is 111 cm³/mol. The van der Waals surface area contributed by atoms with Gasteiger partial charge in [-0.2, -0.15) is 0 Å². The molecule has 0 saturated carbocycles. The van der Waals surface area contributed by atoms with Gasteiger partial charge >= 0.3 is 0 Å². The van der Waals surface area contributed by atoms with Crippen LogP contribution in [0, 0.1) is 12.8 Å². The van der Waals surface area contributed by atoms with Gasteiger partial charge in [0.25, 0.3) is 5.56 Å². The van der Waals surface area contributed by atoms with E-state index in [9.17, 15) is 4.79 Å². The first-order chi connectivity index (χ1) is 13.6. The van der Waals surface area contributed by atoms with Crippen LogP contribution in [0.25, 0.3) is 4.96 Å².